The summed E-state index contributed by atoms with van der Waals surface area (Å²) < 4.78 is 13.2. The van der Waals surface area contributed by atoms with Gasteiger partial charge in [0.2, 0.25) is 5.95 Å². The van der Waals surface area contributed by atoms with Gasteiger partial charge in [-0.1, -0.05) is 72.3 Å². The maximum absolute atomic E-state index is 13.2. The summed E-state index contributed by atoms with van der Waals surface area (Å²) in [6.07, 6.45) is 1.48. The molecule has 3 aromatic carbocycles. The van der Waals surface area contributed by atoms with E-state index >= 15 is 0 Å². The van der Waals surface area contributed by atoms with E-state index in [0.29, 0.717) is 23.8 Å². The number of benzene rings is 3. The molecule has 2 heterocycles. The standard InChI is InChI=1S/C28H26N4O3/c1-3-34-27(33)24-25(21-10-5-4-6-11-21)31-28-29-18-30-32(28)26(24)22-12-14-23(15-13-22)35-17-20-9-7-8-19(2)16-20/h4-16,18,26H,3,17H2,1-2H3,(H,29,30,31)/t26-/m1/s1. The van der Waals surface area contributed by atoms with Gasteiger partial charge >= 0.3 is 5.97 Å². The quantitative estimate of drug-likeness (QED) is 0.379. The lowest BCUT2D eigenvalue weighted by Gasteiger charge is -2.29. The second-order valence-electron chi connectivity index (χ2n) is 8.28. The average molecular weight is 467 g/mol. The minimum Gasteiger partial charge on any atom is -0.489 e. The van der Waals surface area contributed by atoms with Crippen LogP contribution >= 0.6 is 0 Å². The lowest BCUT2D eigenvalue weighted by molar-refractivity contribution is -0.138. The fourth-order valence-electron chi connectivity index (χ4n) is 4.24. The van der Waals surface area contributed by atoms with E-state index in [1.54, 1.807) is 11.6 Å². The number of hydrogen-bond donors (Lipinski definition) is 1. The van der Waals surface area contributed by atoms with Crippen molar-refractivity contribution in [3.8, 4) is 5.75 Å². The molecular weight excluding hydrogens is 440 g/mol. The van der Waals surface area contributed by atoms with E-state index in [2.05, 4.69) is 34.5 Å². The van der Waals surface area contributed by atoms with Crippen molar-refractivity contribution in [1.82, 2.24) is 14.8 Å². The van der Waals surface area contributed by atoms with Gasteiger partial charge in [-0.25, -0.2) is 9.48 Å². The van der Waals surface area contributed by atoms with Gasteiger partial charge in [-0.3, -0.25) is 0 Å². The van der Waals surface area contributed by atoms with Crippen molar-refractivity contribution in [3.05, 3.63) is 113 Å². The minimum atomic E-state index is -0.506. The van der Waals surface area contributed by atoms with E-state index in [0.717, 1.165) is 22.4 Å². The molecule has 0 saturated heterocycles. The number of anilines is 1. The van der Waals surface area contributed by atoms with Gasteiger partial charge in [0.05, 0.1) is 17.9 Å². The molecule has 7 heteroatoms. The molecule has 1 aromatic heterocycles. The van der Waals surface area contributed by atoms with Crippen molar-refractivity contribution >= 4 is 17.6 Å². The van der Waals surface area contributed by atoms with Crippen LogP contribution in [-0.4, -0.2) is 27.3 Å². The number of aromatic nitrogens is 3. The maximum Gasteiger partial charge on any atom is 0.338 e. The Morgan fingerprint density at radius 2 is 1.83 bits per heavy atom. The summed E-state index contributed by atoms with van der Waals surface area (Å²) in [5, 5.41) is 7.69. The molecule has 5 rings (SSSR count). The largest absolute Gasteiger partial charge is 0.489 e. The van der Waals surface area contributed by atoms with Gasteiger partial charge in [0.25, 0.3) is 0 Å². The van der Waals surface area contributed by atoms with E-state index in [4.69, 9.17) is 9.47 Å². The lowest BCUT2D eigenvalue weighted by atomic mass is 9.93. The van der Waals surface area contributed by atoms with E-state index in [9.17, 15) is 4.79 Å². The topological polar surface area (TPSA) is 78.3 Å². The lowest BCUT2D eigenvalue weighted by Crippen LogP contribution is -2.30. The second-order valence-corrected chi connectivity index (χ2v) is 8.28. The molecule has 0 unspecified atom stereocenters. The molecule has 1 aliphatic heterocycles. The van der Waals surface area contributed by atoms with Crippen molar-refractivity contribution < 1.29 is 14.3 Å². The van der Waals surface area contributed by atoms with Crippen molar-refractivity contribution in [3.63, 3.8) is 0 Å². The zero-order valence-corrected chi connectivity index (χ0v) is 19.6. The third kappa shape index (κ3) is 4.66. The molecule has 176 valence electrons. The number of carbonyl (C=O) groups is 1. The smallest absolute Gasteiger partial charge is 0.338 e. The second kappa shape index (κ2) is 9.85. The summed E-state index contributed by atoms with van der Waals surface area (Å²) in [4.78, 5) is 17.6. The molecule has 1 N–H and O–H groups in total. The first-order valence-corrected chi connectivity index (χ1v) is 11.6. The predicted molar refractivity (Wildman–Crippen MR) is 134 cm³/mol. The minimum absolute atomic E-state index is 0.271. The number of nitrogens with one attached hydrogen (secondary N) is 1. The number of hydrogen-bond acceptors (Lipinski definition) is 6. The zero-order valence-electron chi connectivity index (χ0n) is 19.6. The van der Waals surface area contributed by atoms with Crippen LogP contribution in [-0.2, 0) is 16.1 Å². The third-order valence-electron chi connectivity index (χ3n) is 5.84. The Morgan fingerprint density at radius 1 is 1.03 bits per heavy atom. The van der Waals surface area contributed by atoms with Gasteiger partial charge in [0.1, 0.15) is 24.7 Å². The summed E-state index contributed by atoms with van der Waals surface area (Å²) in [5.41, 5.74) is 5.19. The number of ether oxygens (including phenoxy) is 2. The summed E-state index contributed by atoms with van der Waals surface area (Å²) in [6, 6.07) is 25.2. The number of aryl methyl sites for hydroxylation is 1. The van der Waals surface area contributed by atoms with Crippen LogP contribution in [0.25, 0.3) is 5.70 Å². The number of esters is 1. The van der Waals surface area contributed by atoms with Crippen molar-refractivity contribution in [2.75, 3.05) is 11.9 Å². The highest BCUT2D eigenvalue weighted by Gasteiger charge is 2.36. The van der Waals surface area contributed by atoms with Crippen LogP contribution in [0.3, 0.4) is 0 Å². The molecule has 0 spiro atoms. The molecule has 0 radical (unpaired) electrons. The first-order chi connectivity index (χ1) is 17.1. The zero-order chi connectivity index (χ0) is 24.2. The Kier molecular flexibility index (Phi) is 6.30. The molecule has 0 fully saturated rings. The summed E-state index contributed by atoms with van der Waals surface area (Å²) >= 11 is 0. The fourth-order valence-corrected chi connectivity index (χ4v) is 4.24. The molecule has 1 aliphatic rings. The van der Waals surface area contributed by atoms with E-state index in [-0.39, 0.29) is 6.61 Å². The predicted octanol–water partition coefficient (Wildman–Crippen LogP) is 5.15. The Hall–Kier alpha value is -4.39. The van der Waals surface area contributed by atoms with Gasteiger partial charge in [-0.05, 0) is 42.7 Å². The Bertz CT molecular complexity index is 1360. The molecule has 4 aromatic rings. The molecule has 0 saturated carbocycles. The van der Waals surface area contributed by atoms with Gasteiger partial charge in [0, 0.05) is 0 Å². The van der Waals surface area contributed by atoms with Crippen LogP contribution in [0.1, 0.15) is 35.2 Å². The van der Waals surface area contributed by atoms with Crippen LogP contribution in [0.4, 0.5) is 5.95 Å². The van der Waals surface area contributed by atoms with Crippen molar-refractivity contribution in [1.29, 1.82) is 0 Å². The van der Waals surface area contributed by atoms with Crippen LogP contribution in [0.15, 0.2) is 90.8 Å². The SMILES string of the molecule is CCOC(=O)C1=C(c2ccccc2)Nc2ncnn2[C@@H]1c1ccc(OCc2cccc(C)c2)cc1. The van der Waals surface area contributed by atoms with Crippen molar-refractivity contribution in [2.45, 2.75) is 26.5 Å². The van der Waals surface area contributed by atoms with Gasteiger partial charge in [-0.15, -0.1) is 0 Å². The van der Waals surface area contributed by atoms with Crippen LogP contribution in [0.2, 0.25) is 0 Å². The summed E-state index contributed by atoms with van der Waals surface area (Å²) in [7, 11) is 0. The highest BCUT2D eigenvalue weighted by molar-refractivity contribution is 6.02. The van der Waals surface area contributed by atoms with E-state index in [1.165, 1.54) is 11.9 Å². The van der Waals surface area contributed by atoms with E-state index in [1.807, 2.05) is 66.7 Å². The number of fused-ring (bicyclic) bond motifs is 1. The van der Waals surface area contributed by atoms with Gasteiger partial charge in [-0.2, -0.15) is 10.1 Å². The highest BCUT2D eigenvalue weighted by Crippen LogP contribution is 2.39. The first kappa shape index (κ1) is 22.4. The molecule has 7 nitrogen and oxygen atoms in total. The molecule has 1 atom stereocenters. The number of carbonyl (C=O) groups excluding carboxylic acids is 1. The number of nitrogens with zero attached hydrogens (tertiary/aromatic N) is 3. The molecule has 0 aliphatic carbocycles. The van der Waals surface area contributed by atoms with Crippen LogP contribution in [0, 0.1) is 6.92 Å². The van der Waals surface area contributed by atoms with Crippen LogP contribution in [0.5, 0.6) is 5.75 Å². The third-order valence-corrected chi connectivity index (χ3v) is 5.84. The summed E-state index contributed by atoms with van der Waals surface area (Å²) in [6.45, 7) is 4.61. The monoisotopic (exact) mass is 466 g/mol. The van der Waals surface area contributed by atoms with Crippen LogP contribution < -0.4 is 10.1 Å². The van der Waals surface area contributed by atoms with Gasteiger partial charge in [0.15, 0.2) is 0 Å². The Labute approximate surface area is 204 Å². The van der Waals surface area contributed by atoms with Crippen molar-refractivity contribution in [2.24, 2.45) is 0 Å². The van der Waals surface area contributed by atoms with E-state index < -0.39 is 12.0 Å². The normalized spacial score (nSPS) is 14.7. The summed E-state index contributed by atoms with van der Waals surface area (Å²) in [5.74, 6) is 0.902. The highest BCUT2D eigenvalue weighted by atomic mass is 16.5. The molecule has 0 bridgehead atoms. The molecule has 35 heavy (non-hydrogen) atoms. The molecule has 0 amide bonds. The van der Waals surface area contributed by atoms with Gasteiger partial charge < -0.3 is 14.8 Å². The number of rotatable bonds is 7. The Morgan fingerprint density at radius 3 is 2.57 bits per heavy atom. The molecular formula is C28H26N4O3. The maximum atomic E-state index is 13.2. The average Bonchev–Trinajstić information content (AvgIpc) is 3.36. The fraction of sp³-hybridized carbons (Fsp3) is 0.179. The first-order valence-electron chi connectivity index (χ1n) is 11.6. The Balaban J connectivity index is 1.51.